The molecule has 3 rings (SSSR count). The Morgan fingerprint density at radius 2 is 2.27 bits per heavy atom. The molecule has 0 aliphatic carbocycles. The van der Waals surface area contributed by atoms with Crippen molar-refractivity contribution in [3.8, 4) is 0 Å². The van der Waals surface area contributed by atoms with E-state index < -0.39 is 0 Å². The summed E-state index contributed by atoms with van der Waals surface area (Å²) in [5.41, 5.74) is 1.02. The van der Waals surface area contributed by atoms with Crippen molar-refractivity contribution in [2.24, 2.45) is 4.99 Å². The van der Waals surface area contributed by atoms with Gasteiger partial charge in [0.15, 0.2) is 5.96 Å². The van der Waals surface area contributed by atoms with Crippen LogP contribution >= 0.6 is 24.0 Å². The third-order valence-electron chi connectivity index (χ3n) is 4.35. The molecule has 0 bridgehead atoms. The topological polar surface area (TPSA) is 67.1 Å². The van der Waals surface area contributed by atoms with Gasteiger partial charge in [-0.2, -0.15) is 5.10 Å². The van der Waals surface area contributed by atoms with Crippen molar-refractivity contribution in [3.05, 3.63) is 47.3 Å². The minimum atomic E-state index is -0.178. The summed E-state index contributed by atoms with van der Waals surface area (Å²) in [6.45, 7) is 3.52. The van der Waals surface area contributed by atoms with Crippen molar-refractivity contribution >= 4 is 29.9 Å². The molecule has 1 aromatic heterocycles. The highest BCUT2D eigenvalue weighted by Crippen LogP contribution is 2.12. The lowest BCUT2D eigenvalue weighted by Gasteiger charge is -2.25. The predicted molar refractivity (Wildman–Crippen MR) is 112 cm³/mol. The van der Waals surface area contributed by atoms with Crippen LogP contribution in [-0.4, -0.2) is 40.4 Å². The zero-order valence-electron chi connectivity index (χ0n) is 15.2. The lowest BCUT2D eigenvalue weighted by molar-refractivity contribution is 0.392. The Bertz CT molecular complexity index is 745. The van der Waals surface area contributed by atoms with E-state index in [-0.39, 0.29) is 29.8 Å². The second-order valence-corrected chi connectivity index (χ2v) is 6.37. The van der Waals surface area contributed by atoms with E-state index >= 15 is 0 Å². The summed E-state index contributed by atoms with van der Waals surface area (Å²) in [7, 11) is 1.77. The van der Waals surface area contributed by atoms with Crippen molar-refractivity contribution in [1.82, 2.24) is 25.4 Å². The van der Waals surface area contributed by atoms with Crippen molar-refractivity contribution < 1.29 is 4.39 Å². The number of benzene rings is 1. The molecular formula is C18H26FIN6. The summed E-state index contributed by atoms with van der Waals surface area (Å²) >= 11 is 0. The van der Waals surface area contributed by atoms with Gasteiger partial charge in [0, 0.05) is 26.1 Å². The van der Waals surface area contributed by atoms with Crippen LogP contribution < -0.4 is 10.6 Å². The second-order valence-electron chi connectivity index (χ2n) is 6.37. The van der Waals surface area contributed by atoms with Gasteiger partial charge in [0.1, 0.15) is 17.5 Å². The zero-order valence-corrected chi connectivity index (χ0v) is 17.5. The average Bonchev–Trinajstić information content (AvgIpc) is 2.97. The molecule has 0 radical (unpaired) electrons. The van der Waals surface area contributed by atoms with Gasteiger partial charge in [0.05, 0.1) is 6.54 Å². The van der Waals surface area contributed by atoms with Crippen molar-refractivity contribution in [1.29, 1.82) is 0 Å². The van der Waals surface area contributed by atoms with Gasteiger partial charge in [-0.05, 0) is 43.9 Å². The summed E-state index contributed by atoms with van der Waals surface area (Å²) in [4.78, 5) is 8.72. The van der Waals surface area contributed by atoms with Crippen molar-refractivity contribution in [2.45, 2.75) is 45.2 Å². The molecule has 142 valence electrons. The second kappa shape index (κ2) is 9.84. The third kappa shape index (κ3) is 5.65. The number of hydrogen-bond acceptors (Lipinski definition) is 3. The van der Waals surface area contributed by atoms with Crippen LogP contribution in [0.15, 0.2) is 29.3 Å². The maximum Gasteiger partial charge on any atom is 0.191 e. The van der Waals surface area contributed by atoms with Gasteiger partial charge >= 0.3 is 0 Å². The van der Waals surface area contributed by atoms with E-state index in [0.29, 0.717) is 6.04 Å². The maximum atomic E-state index is 13.2. The molecule has 2 aromatic rings. The summed E-state index contributed by atoms with van der Waals surface area (Å²) in [6, 6.07) is 7.06. The van der Waals surface area contributed by atoms with Gasteiger partial charge in [-0.25, -0.2) is 14.1 Å². The lowest BCUT2D eigenvalue weighted by atomic mass is 10.1. The molecule has 1 aliphatic rings. The molecule has 0 saturated heterocycles. The molecule has 26 heavy (non-hydrogen) atoms. The quantitative estimate of drug-likeness (QED) is 0.304. The average molecular weight is 472 g/mol. The molecule has 6 nitrogen and oxygen atoms in total. The highest BCUT2D eigenvalue weighted by atomic mass is 127. The fourth-order valence-electron chi connectivity index (χ4n) is 3.13. The standard InChI is InChI=1S/C18H25FN6.HI/c1-13-22-17-9-8-16(12-25(17)24-13)23-18(20-2)21-10-4-6-14-5-3-7-15(19)11-14;/h3,5,7,11,16H,4,6,8-10,12H2,1-2H3,(H2,20,21,23);1H. The summed E-state index contributed by atoms with van der Waals surface area (Å²) in [5.74, 6) is 2.51. The molecular weight excluding hydrogens is 446 g/mol. The Kier molecular flexibility index (Phi) is 7.80. The van der Waals surface area contributed by atoms with E-state index in [9.17, 15) is 4.39 Å². The molecule has 1 aromatic carbocycles. The molecule has 1 aliphatic heterocycles. The third-order valence-corrected chi connectivity index (χ3v) is 4.35. The van der Waals surface area contributed by atoms with E-state index in [4.69, 9.17) is 0 Å². The zero-order chi connectivity index (χ0) is 17.6. The number of rotatable bonds is 5. The van der Waals surface area contributed by atoms with Gasteiger partial charge in [-0.15, -0.1) is 24.0 Å². The summed E-state index contributed by atoms with van der Waals surface area (Å²) in [6.07, 6.45) is 3.70. The van der Waals surface area contributed by atoms with E-state index in [0.717, 1.165) is 61.9 Å². The van der Waals surface area contributed by atoms with Gasteiger partial charge in [-0.3, -0.25) is 4.99 Å². The molecule has 8 heteroatoms. The lowest BCUT2D eigenvalue weighted by Crippen LogP contribution is -2.47. The normalized spacial score (nSPS) is 16.6. The van der Waals surface area contributed by atoms with Crippen LogP contribution in [0.25, 0.3) is 0 Å². The van der Waals surface area contributed by atoms with Gasteiger partial charge < -0.3 is 10.6 Å². The predicted octanol–water partition coefficient (Wildman–Crippen LogP) is 2.46. The molecule has 2 heterocycles. The Labute approximate surface area is 170 Å². The largest absolute Gasteiger partial charge is 0.356 e. The first-order valence-corrected chi connectivity index (χ1v) is 8.76. The first kappa shape index (κ1) is 20.6. The fraction of sp³-hybridized carbons (Fsp3) is 0.500. The van der Waals surface area contributed by atoms with E-state index in [1.165, 1.54) is 6.07 Å². The highest BCUT2D eigenvalue weighted by Gasteiger charge is 2.21. The van der Waals surface area contributed by atoms with Crippen molar-refractivity contribution in [3.63, 3.8) is 0 Å². The number of aromatic nitrogens is 3. The van der Waals surface area contributed by atoms with Gasteiger partial charge in [-0.1, -0.05) is 12.1 Å². The Balaban J connectivity index is 0.00000243. The smallest absolute Gasteiger partial charge is 0.191 e. The first-order valence-electron chi connectivity index (χ1n) is 8.76. The van der Waals surface area contributed by atoms with Crippen LogP contribution in [0.1, 0.15) is 30.1 Å². The van der Waals surface area contributed by atoms with Crippen LogP contribution in [0.3, 0.4) is 0 Å². The van der Waals surface area contributed by atoms with Gasteiger partial charge in [0.25, 0.3) is 0 Å². The molecule has 0 spiro atoms. The number of hydrogen-bond donors (Lipinski definition) is 2. The minimum absolute atomic E-state index is 0. The number of guanidine groups is 1. The number of nitrogens with zero attached hydrogens (tertiary/aromatic N) is 4. The number of aryl methyl sites for hydroxylation is 3. The molecule has 0 saturated carbocycles. The van der Waals surface area contributed by atoms with E-state index in [2.05, 4.69) is 25.7 Å². The highest BCUT2D eigenvalue weighted by molar-refractivity contribution is 14.0. The molecule has 2 N–H and O–H groups in total. The number of fused-ring (bicyclic) bond motifs is 1. The monoisotopic (exact) mass is 472 g/mol. The van der Waals surface area contributed by atoms with Crippen LogP contribution in [0.4, 0.5) is 4.39 Å². The van der Waals surface area contributed by atoms with E-state index in [1.807, 2.05) is 17.7 Å². The van der Waals surface area contributed by atoms with Crippen molar-refractivity contribution in [2.75, 3.05) is 13.6 Å². The van der Waals surface area contributed by atoms with E-state index in [1.54, 1.807) is 19.2 Å². The Hall–Kier alpha value is -1.71. The van der Waals surface area contributed by atoms with Crippen LogP contribution in [0.5, 0.6) is 0 Å². The fourth-order valence-corrected chi connectivity index (χ4v) is 3.13. The van der Waals surface area contributed by atoms with Crippen LogP contribution in [0.2, 0.25) is 0 Å². The summed E-state index contributed by atoms with van der Waals surface area (Å²) < 4.78 is 15.2. The number of aliphatic imine (C=N–C) groups is 1. The molecule has 0 amide bonds. The Morgan fingerprint density at radius 1 is 1.42 bits per heavy atom. The summed E-state index contributed by atoms with van der Waals surface area (Å²) in [5, 5.41) is 11.2. The minimum Gasteiger partial charge on any atom is -0.356 e. The van der Waals surface area contributed by atoms with Gasteiger partial charge in [0.2, 0.25) is 0 Å². The first-order chi connectivity index (χ1) is 12.1. The SMILES string of the molecule is CN=C(NCCCc1cccc(F)c1)NC1CCc2nc(C)nn2C1.I. The van der Waals surface area contributed by atoms with Crippen LogP contribution in [0, 0.1) is 12.7 Å². The van der Waals surface area contributed by atoms with Crippen LogP contribution in [-0.2, 0) is 19.4 Å². The maximum absolute atomic E-state index is 13.2. The molecule has 0 fully saturated rings. The number of nitrogens with one attached hydrogen (secondary N) is 2. The molecule has 1 atom stereocenters. The Morgan fingerprint density at radius 3 is 3.04 bits per heavy atom. The number of halogens is 2. The molecule has 1 unspecified atom stereocenters.